The van der Waals surface area contributed by atoms with Crippen LogP contribution in [0.15, 0.2) is 18.2 Å². The molecule has 0 bridgehead atoms. The molecule has 0 fully saturated rings. The summed E-state index contributed by atoms with van der Waals surface area (Å²) in [4.78, 5) is 0.488. The quantitative estimate of drug-likeness (QED) is 0.659. The van der Waals surface area contributed by atoms with Crippen LogP contribution in [0, 0.1) is 28.5 Å². The van der Waals surface area contributed by atoms with Crippen molar-refractivity contribution < 1.29 is 4.39 Å². The van der Waals surface area contributed by atoms with Gasteiger partial charge in [-0.05, 0) is 23.6 Å². The largest absolute Gasteiger partial charge is 0.207 e. The van der Waals surface area contributed by atoms with Crippen LogP contribution < -0.4 is 0 Å². The van der Waals surface area contributed by atoms with E-state index in [0.29, 0.717) is 15.0 Å². The molecule has 1 aromatic carbocycles. The Balaban J connectivity index is 2.88. The summed E-state index contributed by atoms with van der Waals surface area (Å²) in [7, 11) is 0. The molecule has 2 nitrogen and oxygen atoms in total. The minimum absolute atomic E-state index is 0.284. The summed E-state index contributed by atoms with van der Waals surface area (Å²) in [6.07, 6.45) is 0. The molecule has 0 unspecified atom stereocenters. The van der Waals surface area contributed by atoms with Gasteiger partial charge in [0, 0.05) is 0 Å². The lowest BCUT2D eigenvalue weighted by Crippen LogP contribution is -1.78. The van der Waals surface area contributed by atoms with E-state index in [0.717, 1.165) is 0 Å². The number of hydrogen-bond donors (Lipinski definition) is 0. The van der Waals surface area contributed by atoms with E-state index in [4.69, 9.17) is 10.5 Å². The average molecular weight is 202 g/mol. The van der Waals surface area contributed by atoms with E-state index >= 15 is 0 Å². The predicted octanol–water partition coefficient (Wildman–Crippen LogP) is 2.78. The highest BCUT2D eigenvalue weighted by Gasteiger charge is 2.07. The van der Waals surface area contributed by atoms with E-state index in [2.05, 4.69) is 0 Å². The third kappa shape index (κ3) is 1.22. The summed E-state index contributed by atoms with van der Waals surface area (Å²) in [6, 6.07) is 7.98. The Morgan fingerprint density at radius 1 is 1.14 bits per heavy atom. The molecule has 2 rings (SSSR count). The molecule has 1 aromatic heterocycles. The second-order valence-electron chi connectivity index (χ2n) is 2.71. The van der Waals surface area contributed by atoms with Crippen LogP contribution in [0.4, 0.5) is 4.39 Å². The van der Waals surface area contributed by atoms with Crippen molar-refractivity contribution in [3.05, 3.63) is 34.5 Å². The van der Waals surface area contributed by atoms with E-state index in [1.54, 1.807) is 6.07 Å². The van der Waals surface area contributed by atoms with Gasteiger partial charge in [0.15, 0.2) is 0 Å². The van der Waals surface area contributed by atoms with Crippen LogP contribution in [0.3, 0.4) is 0 Å². The normalized spacial score (nSPS) is 9.64. The van der Waals surface area contributed by atoms with Crippen molar-refractivity contribution in [2.24, 2.45) is 0 Å². The maximum absolute atomic E-state index is 13.0. The van der Waals surface area contributed by atoms with Crippen LogP contribution in [-0.4, -0.2) is 0 Å². The predicted molar refractivity (Wildman–Crippen MR) is 51.2 cm³/mol. The molecule has 0 spiro atoms. The summed E-state index contributed by atoms with van der Waals surface area (Å²) in [5, 5.41) is 18.0. The topological polar surface area (TPSA) is 47.6 Å². The van der Waals surface area contributed by atoms with Crippen molar-refractivity contribution in [1.29, 1.82) is 10.5 Å². The monoisotopic (exact) mass is 202 g/mol. The van der Waals surface area contributed by atoms with Gasteiger partial charge >= 0.3 is 0 Å². The van der Waals surface area contributed by atoms with Crippen LogP contribution in [0.5, 0.6) is 0 Å². The Bertz CT molecular complexity index is 586. The molecule has 0 radical (unpaired) electrons. The van der Waals surface area contributed by atoms with Gasteiger partial charge < -0.3 is 0 Å². The Morgan fingerprint density at radius 3 is 2.57 bits per heavy atom. The molecular formula is C10H3FN2S. The number of halogens is 1. The summed E-state index contributed by atoms with van der Waals surface area (Å²) >= 11 is 1.21. The highest BCUT2D eigenvalue weighted by molar-refractivity contribution is 7.19. The minimum atomic E-state index is -0.448. The molecular weight excluding hydrogens is 199 g/mol. The summed E-state index contributed by atoms with van der Waals surface area (Å²) in [6.45, 7) is 0. The van der Waals surface area contributed by atoms with E-state index in [1.165, 1.54) is 23.5 Å². The van der Waals surface area contributed by atoms with Crippen LogP contribution in [0.2, 0.25) is 0 Å². The van der Waals surface area contributed by atoms with E-state index in [9.17, 15) is 4.39 Å². The summed E-state index contributed by atoms with van der Waals surface area (Å²) < 4.78 is 13.6. The van der Waals surface area contributed by atoms with Gasteiger partial charge in [0.05, 0.1) is 10.3 Å². The number of fused-ring (bicyclic) bond motifs is 1. The number of thiophene rings is 1. The fourth-order valence-corrected chi connectivity index (χ4v) is 2.16. The molecule has 14 heavy (non-hydrogen) atoms. The Morgan fingerprint density at radius 2 is 1.93 bits per heavy atom. The second-order valence-corrected chi connectivity index (χ2v) is 3.76. The van der Waals surface area contributed by atoms with Crippen molar-refractivity contribution in [3.63, 3.8) is 0 Å². The van der Waals surface area contributed by atoms with Gasteiger partial charge in [-0.25, -0.2) is 4.39 Å². The van der Waals surface area contributed by atoms with Gasteiger partial charge in [-0.1, -0.05) is 0 Å². The molecule has 0 N–H and O–H groups in total. The molecule has 0 saturated heterocycles. The number of hydrogen-bond acceptors (Lipinski definition) is 3. The Hall–Kier alpha value is -1.91. The van der Waals surface area contributed by atoms with Gasteiger partial charge in [-0.2, -0.15) is 10.5 Å². The summed E-state index contributed by atoms with van der Waals surface area (Å²) in [5.41, 5.74) is 0.284. The summed E-state index contributed by atoms with van der Waals surface area (Å²) in [5.74, 6) is -0.448. The molecule has 4 heteroatoms. The standard InChI is InChI=1S/C10H3FN2S/c11-8-1-6-3-9(5-13)14-10(6)7(2-8)4-12/h1-3H. The molecule has 0 atom stereocenters. The van der Waals surface area contributed by atoms with Crippen LogP contribution >= 0.6 is 11.3 Å². The molecule has 0 aliphatic heterocycles. The zero-order valence-electron chi connectivity index (χ0n) is 6.91. The lowest BCUT2D eigenvalue weighted by atomic mass is 10.2. The molecule has 0 saturated carbocycles. The average Bonchev–Trinajstić information content (AvgIpc) is 2.59. The van der Waals surface area contributed by atoms with Crippen molar-refractivity contribution in [1.82, 2.24) is 0 Å². The molecule has 0 aliphatic carbocycles. The van der Waals surface area contributed by atoms with E-state index in [-0.39, 0.29) is 5.56 Å². The Labute approximate surface area is 83.4 Å². The number of nitriles is 2. The van der Waals surface area contributed by atoms with E-state index in [1.807, 2.05) is 12.1 Å². The van der Waals surface area contributed by atoms with Gasteiger partial charge in [0.25, 0.3) is 0 Å². The van der Waals surface area contributed by atoms with E-state index < -0.39 is 5.82 Å². The van der Waals surface area contributed by atoms with Crippen LogP contribution in [0.25, 0.3) is 10.1 Å². The maximum atomic E-state index is 13.0. The first-order chi connectivity index (χ1) is 6.74. The zero-order chi connectivity index (χ0) is 10.1. The zero-order valence-corrected chi connectivity index (χ0v) is 7.73. The SMILES string of the molecule is N#Cc1cc2cc(F)cc(C#N)c2s1. The minimum Gasteiger partial charge on any atom is -0.207 e. The number of benzene rings is 1. The van der Waals surface area contributed by atoms with Gasteiger partial charge in [0.2, 0.25) is 0 Å². The van der Waals surface area contributed by atoms with Gasteiger partial charge in [0.1, 0.15) is 22.8 Å². The fourth-order valence-electron chi connectivity index (χ4n) is 1.25. The fraction of sp³-hybridized carbons (Fsp3) is 0. The van der Waals surface area contributed by atoms with Crippen LogP contribution in [-0.2, 0) is 0 Å². The number of rotatable bonds is 0. The first-order valence-electron chi connectivity index (χ1n) is 3.78. The molecule has 66 valence electrons. The lowest BCUT2D eigenvalue weighted by Gasteiger charge is -1.92. The number of nitrogens with zero attached hydrogens (tertiary/aromatic N) is 2. The highest BCUT2D eigenvalue weighted by Crippen LogP contribution is 2.28. The first kappa shape index (κ1) is 8.68. The van der Waals surface area contributed by atoms with Crippen molar-refractivity contribution in [3.8, 4) is 12.1 Å². The molecule has 1 heterocycles. The lowest BCUT2D eigenvalue weighted by molar-refractivity contribution is 0.629. The van der Waals surface area contributed by atoms with Gasteiger partial charge in [-0.3, -0.25) is 0 Å². The van der Waals surface area contributed by atoms with Crippen LogP contribution in [0.1, 0.15) is 10.4 Å². The van der Waals surface area contributed by atoms with Crippen molar-refractivity contribution in [2.45, 2.75) is 0 Å². The first-order valence-corrected chi connectivity index (χ1v) is 4.59. The molecule has 0 amide bonds. The Kier molecular flexibility index (Phi) is 1.92. The smallest absolute Gasteiger partial charge is 0.125 e. The second kappa shape index (κ2) is 3.10. The van der Waals surface area contributed by atoms with Crippen molar-refractivity contribution in [2.75, 3.05) is 0 Å². The maximum Gasteiger partial charge on any atom is 0.125 e. The molecule has 0 aliphatic rings. The third-order valence-corrected chi connectivity index (χ3v) is 2.90. The van der Waals surface area contributed by atoms with Crippen molar-refractivity contribution >= 4 is 21.4 Å². The molecule has 2 aromatic rings. The highest BCUT2D eigenvalue weighted by atomic mass is 32.1. The third-order valence-electron chi connectivity index (χ3n) is 1.81. The van der Waals surface area contributed by atoms with Gasteiger partial charge in [-0.15, -0.1) is 11.3 Å².